The first-order valence-electron chi connectivity index (χ1n) is 9.08. The molecule has 1 saturated heterocycles. The van der Waals surface area contributed by atoms with E-state index < -0.39 is 30.7 Å². The van der Waals surface area contributed by atoms with Gasteiger partial charge in [0.05, 0.1) is 16.9 Å². The van der Waals surface area contributed by atoms with Gasteiger partial charge in [-0.05, 0) is 36.4 Å². The molecule has 0 spiro atoms. The highest BCUT2D eigenvalue weighted by Gasteiger charge is 2.28. The molecule has 1 aliphatic heterocycles. The fourth-order valence-electron chi connectivity index (χ4n) is 2.85. The molecule has 2 aromatic heterocycles. The molecule has 0 aliphatic carbocycles. The van der Waals surface area contributed by atoms with Gasteiger partial charge in [-0.3, -0.25) is 0 Å². The summed E-state index contributed by atoms with van der Waals surface area (Å²) in [5.41, 5.74) is 0. The van der Waals surface area contributed by atoms with Crippen molar-refractivity contribution >= 4 is 65.2 Å². The van der Waals surface area contributed by atoms with Crippen molar-refractivity contribution in [2.75, 3.05) is 31.7 Å². The Labute approximate surface area is 201 Å². The van der Waals surface area contributed by atoms with Crippen molar-refractivity contribution in [1.82, 2.24) is 13.7 Å². The Morgan fingerprint density at radius 1 is 1.09 bits per heavy atom. The summed E-state index contributed by atoms with van der Waals surface area (Å²) >= 11 is 7.96. The van der Waals surface area contributed by atoms with Crippen LogP contribution in [0.5, 0.6) is 5.19 Å². The monoisotopic (exact) mass is 552 g/mol. The van der Waals surface area contributed by atoms with E-state index in [4.69, 9.17) is 16.3 Å². The molecule has 0 N–H and O–H groups in total. The van der Waals surface area contributed by atoms with Crippen LogP contribution in [0.4, 0.5) is 0 Å². The lowest BCUT2D eigenvalue weighted by Gasteiger charge is -2.27. The van der Waals surface area contributed by atoms with Gasteiger partial charge in [-0.2, -0.15) is 22.1 Å². The van der Waals surface area contributed by atoms with Gasteiger partial charge in [0, 0.05) is 41.2 Å². The molecule has 1 aliphatic rings. The molecule has 0 atom stereocenters. The summed E-state index contributed by atoms with van der Waals surface area (Å²) in [4.78, 5) is 4.93. The lowest BCUT2D eigenvalue weighted by atomic mass is 10.4. The molecule has 9 nitrogen and oxygen atoms in total. The van der Waals surface area contributed by atoms with Crippen molar-refractivity contribution in [1.29, 1.82) is 0 Å². The quantitative estimate of drug-likeness (QED) is 0.461. The number of methoxy groups -OCH3 is 1. The standard InChI is InChI=1S/C17H17ClN4O5S5/c1-27-17-19-16(20-29-17)14-6-7-15(28-14)31(23,24)21-30-10-8-22(9-11-30)32(25,26)13-4-2-12(18)3-5-13/h2-7H,8-11H2,1H3. The molecule has 172 valence electrons. The minimum absolute atomic E-state index is 0.102. The van der Waals surface area contributed by atoms with Crippen LogP contribution >= 0.6 is 34.5 Å². The molecule has 0 unspecified atom stereocenters. The van der Waals surface area contributed by atoms with Crippen LogP contribution in [0.3, 0.4) is 0 Å². The summed E-state index contributed by atoms with van der Waals surface area (Å²) in [7, 11) is -6.83. The first-order valence-corrected chi connectivity index (χ1v) is 15.4. The third-order valence-electron chi connectivity index (χ3n) is 4.45. The number of nitrogens with zero attached hydrogens (tertiary/aromatic N) is 4. The third-order valence-corrected chi connectivity index (χ3v) is 12.6. The Morgan fingerprint density at radius 3 is 2.41 bits per heavy atom. The lowest BCUT2D eigenvalue weighted by Crippen LogP contribution is -2.41. The van der Waals surface area contributed by atoms with Gasteiger partial charge in [0.1, 0.15) is 4.21 Å². The molecule has 0 saturated carbocycles. The fraction of sp³-hybridized carbons (Fsp3) is 0.294. The van der Waals surface area contributed by atoms with Crippen molar-refractivity contribution < 1.29 is 21.6 Å². The molecule has 15 heteroatoms. The van der Waals surface area contributed by atoms with Gasteiger partial charge in [-0.25, -0.2) is 8.42 Å². The Bertz CT molecular complexity index is 1360. The highest BCUT2D eigenvalue weighted by atomic mass is 35.5. The maximum atomic E-state index is 12.8. The van der Waals surface area contributed by atoms with E-state index in [1.54, 1.807) is 6.07 Å². The van der Waals surface area contributed by atoms with Crippen molar-refractivity contribution in [2.45, 2.75) is 9.10 Å². The summed E-state index contributed by atoms with van der Waals surface area (Å²) in [6, 6.07) is 9.09. The number of rotatable bonds is 6. The van der Waals surface area contributed by atoms with Gasteiger partial charge in [0.2, 0.25) is 10.0 Å². The average molecular weight is 553 g/mol. The first kappa shape index (κ1) is 23.7. The van der Waals surface area contributed by atoms with Crippen LogP contribution < -0.4 is 4.74 Å². The number of benzene rings is 1. The Hall–Kier alpha value is -1.42. The molecule has 32 heavy (non-hydrogen) atoms. The third kappa shape index (κ3) is 5.05. The van der Waals surface area contributed by atoms with Crippen molar-refractivity contribution in [3.05, 3.63) is 41.4 Å². The van der Waals surface area contributed by atoms with E-state index in [1.165, 1.54) is 41.7 Å². The maximum Gasteiger partial charge on any atom is 0.297 e. The molecule has 3 heterocycles. The highest BCUT2D eigenvalue weighted by Crippen LogP contribution is 2.32. The van der Waals surface area contributed by atoms with Crippen LogP contribution in [-0.4, -0.2) is 62.2 Å². The van der Waals surface area contributed by atoms with Crippen LogP contribution in [-0.2, 0) is 30.7 Å². The summed E-state index contributed by atoms with van der Waals surface area (Å²) in [6.45, 7) is 0.399. The zero-order chi connectivity index (χ0) is 22.9. The van der Waals surface area contributed by atoms with E-state index in [0.29, 0.717) is 32.4 Å². The van der Waals surface area contributed by atoms with E-state index in [9.17, 15) is 16.8 Å². The van der Waals surface area contributed by atoms with Gasteiger partial charge < -0.3 is 4.74 Å². The summed E-state index contributed by atoms with van der Waals surface area (Å²) in [6.07, 6.45) is 0. The van der Waals surface area contributed by atoms with Gasteiger partial charge in [0.25, 0.3) is 15.2 Å². The molecule has 1 aromatic carbocycles. The van der Waals surface area contributed by atoms with Crippen molar-refractivity contribution in [2.24, 2.45) is 3.77 Å². The molecule has 0 amide bonds. The molecule has 4 rings (SSSR count). The van der Waals surface area contributed by atoms with E-state index in [0.717, 1.165) is 22.9 Å². The first-order chi connectivity index (χ1) is 15.2. The minimum Gasteiger partial charge on any atom is -0.472 e. The SMILES string of the molecule is COc1nc(-c2ccc(S(=O)(=O)N=S3CCN(S(=O)(=O)c4ccc(Cl)cc4)CC3)s2)ns1. The number of hydrogen-bond donors (Lipinski definition) is 0. The van der Waals surface area contributed by atoms with Crippen molar-refractivity contribution in [3.63, 3.8) is 0 Å². The van der Waals surface area contributed by atoms with Crippen LogP contribution in [0, 0.1) is 0 Å². The predicted octanol–water partition coefficient (Wildman–Crippen LogP) is 3.12. The van der Waals surface area contributed by atoms with Gasteiger partial charge in [-0.1, -0.05) is 22.3 Å². The minimum atomic E-state index is -3.87. The van der Waals surface area contributed by atoms with Gasteiger partial charge in [0.15, 0.2) is 5.82 Å². The van der Waals surface area contributed by atoms with Gasteiger partial charge >= 0.3 is 0 Å². The summed E-state index contributed by atoms with van der Waals surface area (Å²) < 4.78 is 65.8. The fourth-order valence-corrected chi connectivity index (χ4v) is 10.2. The maximum absolute atomic E-state index is 12.8. The molecule has 0 radical (unpaired) electrons. The second-order valence-corrected chi connectivity index (χ2v) is 14.6. The smallest absolute Gasteiger partial charge is 0.297 e. The number of thiophene rings is 1. The number of hydrogen-bond acceptors (Lipinski definition) is 9. The van der Waals surface area contributed by atoms with Crippen LogP contribution in [0.2, 0.25) is 5.02 Å². The topological polar surface area (TPSA) is 119 Å². The van der Waals surface area contributed by atoms with Crippen LogP contribution in [0.15, 0.2) is 49.3 Å². The predicted molar refractivity (Wildman–Crippen MR) is 127 cm³/mol. The van der Waals surface area contributed by atoms with E-state index >= 15 is 0 Å². The van der Waals surface area contributed by atoms with Crippen molar-refractivity contribution in [3.8, 4) is 15.9 Å². The second-order valence-electron chi connectivity index (χ2n) is 6.48. The largest absolute Gasteiger partial charge is 0.472 e. The molecule has 3 aromatic rings. The number of sulfonamides is 2. The summed E-state index contributed by atoms with van der Waals surface area (Å²) in [5, 5.41) is 0.846. The second kappa shape index (κ2) is 9.44. The number of aromatic nitrogens is 2. The molecular formula is C17H17ClN4O5S5. The van der Waals surface area contributed by atoms with Gasteiger partial charge in [-0.15, -0.1) is 15.1 Å². The summed E-state index contributed by atoms with van der Waals surface area (Å²) in [5.74, 6) is 1.09. The lowest BCUT2D eigenvalue weighted by molar-refractivity contribution is 0.412. The number of halogens is 1. The number of ether oxygens (including phenoxy) is 1. The highest BCUT2D eigenvalue weighted by molar-refractivity contribution is 8.01. The normalized spacial score (nSPS) is 16.2. The van der Waals surface area contributed by atoms with E-state index in [-0.39, 0.29) is 22.2 Å². The molecule has 1 fully saturated rings. The Morgan fingerprint density at radius 2 is 1.78 bits per heavy atom. The molecule has 0 bridgehead atoms. The van der Waals surface area contributed by atoms with Crippen LogP contribution in [0.1, 0.15) is 0 Å². The van der Waals surface area contributed by atoms with E-state index in [2.05, 4.69) is 13.1 Å². The average Bonchev–Trinajstić information content (AvgIpc) is 3.44. The zero-order valence-electron chi connectivity index (χ0n) is 16.5. The zero-order valence-corrected chi connectivity index (χ0v) is 21.4. The Balaban J connectivity index is 1.47. The molecular weight excluding hydrogens is 536 g/mol. The Kier molecular flexibility index (Phi) is 7.00. The van der Waals surface area contributed by atoms with E-state index in [1.807, 2.05) is 0 Å². The van der Waals surface area contributed by atoms with Crippen LogP contribution in [0.25, 0.3) is 10.7 Å².